The number of halogens is 1. The monoisotopic (exact) mass is 253 g/mol. The molecular formula is C12H16BrN. The maximum Gasteiger partial charge on any atom is 0.0178 e. The Morgan fingerprint density at radius 3 is 3.00 bits per heavy atom. The fourth-order valence-electron chi connectivity index (χ4n) is 2.42. The van der Waals surface area contributed by atoms with Crippen molar-refractivity contribution in [3.8, 4) is 0 Å². The lowest BCUT2D eigenvalue weighted by Gasteiger charge is -2.30. The van der Waals surface area contributed by atoms with Gasteiger partial charge in [0, 0.05) is 10.5 Å². The normalized spacial score (nSPS) is 25.9. The molecule has 0 saturated heterocycles. The molecular weight excluding hydrogens is 238 g/mol. The van der Waals surface area contributed by atoms with E-state index in [0.717, 1.165) is 19.3 Å². The Balaban J connectivity index is 2.43. The number of nitrogens with two attached hydrogens (primary N) is 1. The maximum atomic E-state index is 6.14. The van der Waals surface area contributed by atoms with Gasteiger partial charge in [-0.1, -0.05) is 28.9 Å². The van der Waals surface area contributed by atoms with Crippen LogP contribution in [-0.2, 0) is 6.42 Å². The van der Waals surface area contributed by atoms with Crippen LogP contribution in [-0.4, -0.2) is 6.04 Å². The third-order valence-corrected chi connectivity index (χ3v) is 3.70. The summed E-state index contributed by atoms with van der Waals surface area (Å²) in [5, 5.41) is 0. The van der Waals surface area contributed by atoms with E-state index in [0.29, 0.717) is 12.0 Å². The standard InChI is InChI=1S/C12H16BrN/c1-2-10-11-7-9(13)5-3-8(11)4-6-12(10)14/h3,5,7,10,12H,2,4,6,14H2,1H3. The second-order valence-corrected chi connectivity index (χ2v) is 4.98. The van der Waals surface area contributed by atoms with Crippen molar-refractivity contribution in [3.05, 3.63) is 33.8 Å². The average Bonchev–Trinajstić information content (AvgIpc) is 2.17. The lowest BCUT2D eigenvalue weighted by Crippen LogP contribution is -2.32. The number of benzene rings is 1. The van der Waals surface area contributed by atoms with Gasteiger partial charge >= 0.3 is 0 Å². The predicted octanol–water partition coefficient (Wildman–Crippen LogP) is 3.22. The van der Waals surface area contributed by atoms with Crippen LogP contribution in [0.5, 0.6) is 0 Å². The zero-order chi connectivity index (χ0) is 10.1. The molecule has 2 heteroatoms. The molecule has 0 heterocycles. The minimum Gasteiger partial charge on any atom is -0.327 e. The highest BCUT2D eigenvalue weighted by atomic mass is 79.9. The van der Waals surface area contributed by atoms with E-state index in [1.54, 1.807) is 0 Å². The Morgan fingerprint density at radius 2 is 2.29 bits per heavy atom. The van der Waals surface area contributed by atoms with Crippen molar-refractivity contribution in [3.63, 3.8) is 0 Å². The smallest absolute Gasteiger partial charge is 0.0178 e. The Bertz CT molecular complexity index is 335. The highest BCUT2D eigenvalue weighted by molar-refractivity contribution is 9.10. The maximum absolute atomic E-state index is 6.14. The summed E-state index contributed by atoms with van der Waals surface area (Å²) in [5.74, 6) is 0.552. The third kappa shape index (κ3) is 1.73. The van der Waals surface area contributed by atoms with Crippen molar-refractivity contribution >= 4 is 15.9 Å². The number of hydrogen-bond acceptors (Lipinski definition) is 1. The van der Waals surface area contributed by atoms with Gasteiger partial charge in [0.2, 0.25) is 0 Å². The quantitative estimate of drug-likeness (QED) is 0.818. The van der Waals surface area contributed by atoms with Gasteiger partial charge in [-0.3, -0.25) is 0 Å². The lowest BCUT2D eigenvalue weighted by molar-refractivity contribution is 0.459. The molecule has 0 spiro atoms. The van der Waals surface area contributed by atoms with E-state index in [9.17, 15) is 0 Å². The molecule has 76 valence electrons. The van der Waals surface area contributed by atoms with Crippen LogP contribution in [0.25, 0.3) is 0 Å². The van der Waals surface area contributed by atoms with E-state index < -0.39 is 0 Å². The first-order chi connectivity index (χ1) is 6.72. The van der Waals surface area contributed by atoms with Gasteiger partial charge < -0.3 is 5.73 Å². The summed E-state index contributed by atoms with van der Waals surface area (Å²) in [6.07, 6.45) is 3.41. The van der Waals surface area contributed by atoms with Gasteiger partial charge in [-0.15, -0.1) is 0 Å². The van der Waals surface area contributed by atoms with Crippen molar-refractivity contribution in [1.82, 2.24) is 0 Å². The van der Waals surface area contributed by atoms with E-state index in [1.807, 2.05) is 0 Å². The highest BCUT2D eigenvalue weighted by Crippen LogP contribution is 2.34. The van der Waals surface area contributed by atoms with Crippen molar-refractivity contribution in [2.75, 3.05) is 0 Å². The number of aryl methyl sites for hydroxylation is 1. The van der Waals surface area contributed by atoms with Crippen molar-refractivity contribution < 1.29 is 0 Å². The molecule has 0 aliphatic heterocycles. The fourth-order valence-corrected chi connectivity index (χ4v) is 2.79. The first kappa shape index (κ1) is 10.2. The van der Waals surface area contributed by atoms with Crippen molar-refractivity contribution in [1.29, 1.82) is 0 Å². The van der Waals surface area contributed by atoms with Gasteiger partial charge in [0.25, 0.3) is 0 Å². The summed E-state index contributed by atoms with van der Waals surface area (Å²) in [5.41, 5.74) is 9.09. The molecule has 0 radical (unpaired) electrons. The first-order valence-electron chi connectivity index (χ1n) is 5.26. The van der Waals surface area contributed by atoms with Gasteiger partial charge in [0.1, 0.15) is 0 Å². The van der Waals surface area contributed by atoms with E-state index >= 15 is 0 Å². The third-order valence-electron chi connectivity index (χ3n) is 3.21. The minimum atomic E-state index is 0.349. The summed E-state index contributed by atoms with van der Waals surface area (Å²) >= 11 is 3.53. The predicted molar refractivity (Wildman–Crippen MR) is 63.5 cm³/mol. The van der Waals surface area contributed by atoms with Gasteiger partial charge in [-0.05, 0) is 48.4 Å². The molecule has 0 aromatic heterocycles. The zero-order valence-electron chi connectivity index (χ0n) is 8.46. The molecule has 1 aliphatic rings. The number of rotatable bonds is 1. The van der Waals surface area contributed by atoms with Crippen LogP contribution in [0, 0.1) is 0 Å². The fraction of sp³-hybridized carbons (Fsp3) is 0.500. The second-order valence-electron chi connectivity index (χ2n) is 4.06. The first-order valence-corrected chi connectivity index (χ1v) is 6.05. The van der Waals surface area contributed by atoms with Gasteiger partial charge in [-0.25, -0.2) is 0 Å². The van der Waals surface area contributed by atoms with Gasteiger partial charge in [-0.2, -0.15) is 0 Å². The summed E-state index contributed by atoms with van der Waals surface area (Å²) in [6.45, 7) is 2.22. The highest BCUT2D eigenvalue weighted by Gasteiger charge is 2.25. The molecule has 1 aromatic carbocycles. The molecule has 0 bridgehead atoms. The summed E-state index contributed by atoms with van der Waals surface area (Å²) in [6, 6.07) is 6.94. The molecule has 0 amide bonds. The molecule has 2 rings (SSSR count). The summed E-state index contributed by atoms with van der Waals surface area (Å²) in [4.78, 5) is 0. The Kier molecular flexibility index (Phi) is 2.93. The summed E-state index contributed by atoms with van der Waals surface area (Å²) < 4.78 is 1.17. The zero-order valence-corrected chi connectivity index (χ0v) is 10.0. The minimum absolute atomic E-state index is 0.349. The topological polar surface area (TPSA) is 26.0 Å². The van der Waals surface area contributed by atoms with Crippen LogP contribution in [0.1, 0.15) is 36.8 Å². The number of fused-ring (bicyclic) bond motifs is 1. The van der Waals surface area contributed by atoms with Gasteiger partial charge in [0.05, 0.1) is 0 Å². The molecule has 1 aliphatic carbocycles. The summed E-state index contributed by atoms with van der Waals surface area (Å²) in [7, 11) is 0. The van der Waals surface area contributed by atoms with Crippen LogP contribution in [0.3, 0.4) is 0 Å². The van der Waals surface area contributed by atoms with Crippen LogP contribution in [0.15, 0.2) is 22.7 Å². The number of hydrogen-bond donors (Lipinski definition) is 1. The molecule has 2 atom stereocenters. The van der Waals surface area contributed by atoms with Crippen LogP contribution in [0.4, 0.5) is 0 Å². The van der Waals surface area contributed by atoms with Crippen molar-refractivity contribution in [2.45, 2.75) is 38.1 Å². The molecule has 2 N–H and O–H groups in total. The Morgan fingerprint density at radius 1 is 1.50 bits per heavy atom. The molecule has 14 heavy (non-hydrogen) atoms. The van der Waals surface area contributed by atoms with Crippen molar-refractivity contribution in [2.24, 2.45) is 5.73 Å². The van der Waals surface area contributed by atoms with Crippen LogP contribution >= 0.6 is 15.9 Å². The Labute approximate surface area is 93.8 Å². The molecule has 1 aromatic rings. The molecule has 2 unspecified atom stereocenters. The van der Waals surface area contributed by atoms with E-state index in [4.69, 9.17) is 5.73 Å². The molecule has 0 fully saturated rings. The molecule has 0 saturated carbocycles. The van der Waals surface area contributed by atoms with E-state index in [2.05, 4.69) is 41.1 Å². The van der Waals surface area contributed by atoms with Crippen LogP contribution in [0.2, 0.25) is 0 Å². The van der Waals surface area contributed by atoms with E-state index in [-0.39, 0.29) is 0 Å². The van der Waals surface area contributed by atoms with E-state index in [1.165, 1.54) is 15.6 Å². The largest absolute Gasteiger partial charge is 0.327 e. The van der Waals surface area contributed by atoms with Crippen LogP contribution < -0.4 is 5.73 Å². The molecule has 1 nitrogen and oxygen atoms in total. The lowest BCUT2D eigenvalue weighted by atomic mass is 9.78. The SMILES string of the molecule is CCC1c2cc(Br)ccc2CCC1N. The second kappa shape index (κ2) is 4.03. The average molecular weight is 254 g/mol. The Hall–Kier alpha value is -0.340. The van der Waals surface area contributed by atoms with Gasteiger partial charge in [0.15, 0.2) is 0 Å².